The van der Waals surface area contributed by atoms with Gasteiger partial charge in [0.15, 0.2) is 5.13 Å². The summed E-state index contributed by atoms with van der Waals surface area (Å²) < 4.78 is 0. The van der Waals surface area contributed by atoms with Crippen LogP contribution in [-0.2, 0) is 4.79 Å². The Kier molecular flexibility index (Phi) is 4.66. The number of hydrogen-bond donors (Lipinski definition) is 2. The van der Waals surface area contributed by atoms with Crippen molar-refractivity contribution in [2.45, 2.75) is 31.7 Å². The van der Waals surface area contributed by atoms with Gasteiger partial charge in [-0.3, -0.25) is 9.59 Å². The summed E-state index contributed by atoms with van der Waals surface area (Å²) in [6, 6.07) is 0.0642. The van der Waals surface area contributed by atoms with E-state index in [1.807, 2.05) is 14.1 Å². The summed E-state index contributed by atoms with van der Waals surface area (Å²) in [4.78, 5) is 31.9. The number of primary amides is 1. The third-order valence-corrected chi connectivity index (χ3v) is 4.80. The number of nitrogens with two attached hydrogens (primary N) is 2. The highest BCUT2D eigenvalue weighted by Crippen LogP contribution is 2.31. The molecule has 1 aromatic heterocycles. The van der Waals surface area contributed by atoms with E-state index in [9.17, 15) is 9.59 Å². The fraction of sp³-hybridized carbons (Fsp3) is 0.615. The second-order valence-corrected chi connectivity index (χ2v) is 6.42. The molecule has 0 aliphatic heterocycles. The fourth-order valence-electron chi connectivity index (χ4n) is 2.55. The maximum absolute atomic E-state index is 12.7. The van der Waals surface area contributed by atoms with E-state index < -0.39 is 5.91 Å². The molecule has 0 spiro atoms. The molecule has 2 amide bonds. The molecular formula is C13H21N5O2S. The molecule has 1 saturated carbocycles. The average Bonchev–Trinajstić information content (AvgIpc) is 3.04. The molecule has 1 aromatic rings. The van der Waals surface area contributed by atoms with Gasteiger partial charge in [-0.2, -0.15) is 0 Å². The van der Waals surface area contributed by atoms with Crippen LogP contribution < -0.4 is 16.4 Å². The molecule has 2 rings (SSSR count). The van der Waals surface area contributed by atoms with Gasteiger partial charge in [0.2, 0.25) is 5.91 Å². The fourth-order valence-corrected chi connectivity index (χ4v) is 3.41. The number of amides is 2. The Morgan fingerprint density at radius 2 is 1.95 bits per heavy atom. The second-order valence-electron chi connectivity index (χ2n) is 5.44. The molecule has 0 unspecified atom stereocenters. The smallest absolute Gasteiger partial charge is 0.268 e. The number of rotatable bonds is 5. The Labute approximate surface area is 127 Å². The highest BCUT2D eigenvalue weighted by molar-refractivity contribution is 7.18. The van der Waals surface area contributed by atoms with E-state index in [0.717, 1.165) is 25.7 Å². The molecule has 21 heavy (non-hydrogen) atoms. The Morgan fingerprint density at radius 3 is 2.43 bits per heavy atom. The zero-order chi connectivity index (χ0) is 15.6. The number of anilines is 2. The standard InChI is InChI=1S/C13H21N5O2S/c1-17(2)13-16-11(15)10(21-13)12(20)18(7-9(14)19)8-5-3-4-6-8/h8H,3-7,15H2,1-2H3,(H2,14,19). The molecule has 0 atom stereocenters. The second kappa shape index (κ2) is 6.30. The summed E-state index contributed by atoms with van der Waals surface area (Å²) in [6.45, 7) is -0.0713. The van der Waals surface area contributed by atoms with Crippen molar-refractivity contribution < 1.29 is 9.59 Å². The average molecular weight is 311 g/mol. The molecular weight excluding hydrogens is 290 g/mol. The number of aromatic nitrogens is 1. The van der Waals surface area contributed by atoms with Crippen molar-refractivity contribution in [2.24, 2.45) is 5.73 Å². The molecule has 0 bridgehead atoms. The van der Waals surface area contributed by atoms with Gasteiger partial charge in [-0.15, -0.1) is 0 Å². The van der Waals surface area contributed by atoms with Gasteiger partial charge >= 0.3 is 0 Å². The SMILES string of the molecule is CN(C)c1nc(N)c(C(=O)N(CC(N)=O)C2CCCC2)s1. The molecule has 0 radical (unpaired) electrons. The predicted molar refractivity (Wildman–Crippen MR) is 83.3 cm³/mol. The first-order valence-electron chi connectivity index (χ1n) is 6.93. The van der Waals surface area contributed by atoms with Crippen LogP contribution in [0, 0.1) is 0 Å². The van der Waals surface area contributed by atoms with Crippen LogP contribution in [0.3, 0.4) is 0 Å². The Hall–Kier alpha value is -1.83. The first kappa shape index (κ1) is 15.6. The van der Waals surface area contributed by atoms with Crippen LogP contribution in [0.2, 0.25) is 0 Å². The summed E-state index contributed by atoms with van der Waals surface area (Å²) in [7, 11) is 3.68. The maximum atomic E-state index is 12.7. The highest BCUT2D eigenvalue weighted by Gasteiger charge is 2.31. The molecule has 1 aliphatic carbocycles. The zero-order valence-corrected chi connectivity index (χ0v) is 13.2. The summed E-state index contributed by atoms with van der Waals surface area (Å²) >= 11 is 1.24. The van der Waals surface area contributed by atoms with E-state index in [4.69, 9.17) is 11.5 Å². The van der Waals surface area contributed by atoms with Gasteiger partial charge in [-0.05, 0) is 12.8 Å². The van der Waals surface area contributed by atoms with Gasteiger partial charge < -0.3 is 21.3 Å². The van der Waals surface area contributed by atoms with E-state index in [1.165, 1.54) is 11.3 Å². The number of carbonyl (C=O) groups excluding carboxylic acids is 2. The third kappa shape index (κ3) is 3.44. The number of thiazole rings is 1. The van der Waals surface area contributed by atoms with Crippen LogP contribution in [0.25, 0.3) is 0 Å². The molecule has 1 heterocycles. The number of nitrogens with zero attached hydrogens (tertiary/aromatic N) is 3. The van der Waals surface area contributed by atoms with Crippen LogP contribution in [0.1, 0.15) is 35.4 Å². The van der Waals surface area contributed by atoms with Crippen LogP contribution in [0.5, 0.6) is 0 Å². The molecule has 4 N–H and O–H groups in total. The molecule has 8 heteroatoms. The normalized spacial score (nSPS) is 15.1. The molecule has 116 valence electrons. The predicted octanol–water partition coefficient (Wildman–Crippen LogP) is 0.661. The number of carbonyl (C=O) groups is 2. The lowest BCUT2D eigenvalue weighted by Crippen LogP contribution is -2.44. The third-order valence-electron chi connectivity index (χ3n) is 3.57. The van der Waals surface area contributed by atoms with Crippen molar-refractivity contribution in [2.75, 3.05) is 31.3 Å². The Morgan fingerprint density at radius 1 is 1.33 bits per heavy atom. The van der Waals surface area contributed by atoms with Crippen molar-refractivity contribution in [3.8, 4) is 0 Å². The van der Waals surface area contributed by atoms with E-state index in [1.54, 1.807) is 9.80 Å². The van der Waals surface area contributed by atoms with Crippen molar-refractivity contribution in [1.82, 2.24) is 9.88 Å². The summed E-state index contributed by atoms with van der Waals surface area (Å²) in [6.07, 6.45) is 3.93. The van der Waals surface area contributed by atoms with E-state index >= 15 is 0 Å². The Bertz CT molecular complexity index is 537. The van der Waals surface area contributed by atoms with Crippen LogP contribution in [0.4, 0.5) is 10.9 Å². The molecule has 7 nitrogen and oxygen atoms in total. The molecule has 1 fully saturated rings. The van der Waals surface area contributed by atoms with Gasteiger partial charge in [-0.25, -0.2) is 4.98 Å². The van der Waals surface area contributed by atoms with E-state index in [-0.39, 0.29) is 24.3 Å². The lowest BCUT2D eigenvalue weighted by atomic mass is 10.2. The highest BCUT2D eigenvalue weighted by atomic mass is 32.1. The van der Waals surface area contributed by atoms with Crippen molar-refractivity contribution in [1.29, 1.82) is 0 Å². The largest absolute Gasteiger partial charge is 0.382 e. The van der Waals surface area contributed by atoms with E-state index in [0.29, 0.717) is 10.0 Å². The van der Waals surface area contributed by atoms with Crippen molar-refractivity contribution >= 4 is 34.1 Å². The zero-order valence-electron chi connectivity index (χ0n) is 12.3. The minimum atomic E-state index is -0.508. The first-order valence-corrected chi connectivity index (χ1v) is 7.74. The minimum absolute atomic E-state index is 0.0642. The lowest BCUT2D eigenvalue weighted by molar-refractivity contribution is -0.119. The summed E-state index contributed by atoms with van der Waals surface area (Å²) in [5.74, 6) is -0.545. The monoisotopic (exact) mass is 311 g/mol. The van der Waals surface area contributed by atoms with Crippen LogP contribution >= 0.6 is 11.3 Å². The van der Waals surface area contributed by atoms with Crippen LogP contribution in [-0.4, -0.2) is 48.4 Å². The Balaban J connectivity index is 2.26. The first-order chi connectivity index (χ1) is 9.90. The quantitative estimate of drug-likeness (QED) is 0.831. The van der Waals surface area contributed by atoms with Gasteiger partial charge in [0.05, 0.1) is 6.54 Å². The van der Waals surface area contributed by atoms with Gasteiger partial charge in [0.25, 0.3) is 5.91 Å². The topological polar surface area (TPSA) is 106 Å². The molecule has 0 aromatic carbocycles. The molecule has 1 aliphatic rings. The van der Waals surface area contributed by atoms with Gasteiger partial charge in [0.1, 0.15) is 10.7 Å². The van der Waals surface area contributed by atoms with Gasteiger partial charge in [-0.1, -0.05) is 24.2 Å². The van der Waals surface area contributed by atoms with Crippen molar-refractivity contribution in [3.63, 3.8) is 0 Å². The number of nitrogen functional groups attached to an aromatic ring is 1. The lowest BCUT2D eigenvalue weighted by Gasteiger charge is -2.27. The van der Waals surface area contributed by atoms with Crippen LogP contribution in [0.15, 0.2) is 0 Å². The van der Waals surface area contributed by atoms with E-state index in [2.05, 4.69) is 4.98 Å². The summed E-state index contributed by atoms with van der Waals surface area (Å²) in [5, 5.41) is 0.668. The van der Waals surface area contributed by atoms with Gasteiger partial charge in [0, 0.05) is 20.1 Å². The molecule has 0 saturated heterocycles. The van der Waals surface area contributed by atoms with Crippen molar-refractivity contribution in [3.05, 3.63) is 4.88 Å². The summed E-state index contributed by atoms with van der Waals surface area (Å²) in [5.41, 5.74) is 11.1. The number of hydrogen-bond acceptors (Lipinski definition) is 6. The maximum Gasteiger partial charge on any atom is 0.268 e. The minimum Gasteiger partial charge on any atom is -0.382 e.